The van der Waals surface area contributed by atoms with E-state index in [2.05, 4.69) is 5.32 Å². The van der Waals surface area contributed by atoms with E-state index in [1.165, 1.54) is 0 Å². The summed E-state index contributed by atoms with van der Waals surface area (Å²) in [6.07, 6.45) is 1.20. The van der Waals surface area contributed by atoms with Gasteiger partial charge in [-0.2, -0.15) is 0 Å². The van der Waals surface area contributed by atoms with E-state index in [1.807, 2.05) is 62.4 Å². The van der Waals surface area contributed by atoms with Gasteiger partial charge >= 0.3 is 0 Å². The molecule has 3 aromatic carbocycles. The number of rotatable bonds is 10. The number of carbonyl (C=O) groups is 2. The molecule has 0 aliphatic heterocycles. The van der Waals surface area contributed by atoms with Crippen LogP contribution in [0.3, 0.4) is 0 Å². The van der Waals surface area contributed by atoms with E-state index >= 15 is 0 Å². The lowest BCUT2D eigenvalue weighted by Gasteiger charge is -2.32. The van der Waals surface area contributed by atoms with Crippen LogP contribution in [0.1, 0.15) is 37.0 Å². The van der Waals surface area contributed by atoms with Crippen LogP contribution in [0.2, 0.25) is 15.1 Å². The number of amides is 2. The van der Waals surface area contributed by atoms with Crippen LogP contribution in [0.15, 0.2) is 72.8 Å². The van der Waals surface area contributed by atoms with Gasteiger partial charge in [-0.1, -0.05) is 96.3 Å². The Morgan fingerprint density at radius 3 is 2.23 bits per heavy atom. The standard InChI is InChI=1S/C28H29Cl3N2O2/c1-3-19(2)32-28(35)26(15-20-9-5-4-6-10-20)33(18-22-13-14-23(29)17-25(22)31)27(34)16-21-11-7-8-12-24(21)30/h4-14,17,19,26H,3,15-16,18H2,1-2H3,(H,32,35)/t19-,26-/m1/s1. The number of carbonyl (C=O) groups excluding carboxylic acids is 2. The summed E-state index contributed by atoms with van der Waals surface area (Å²) in [6, 6.07) is 21.3. The highest BCUT2D eigenvalue weighted by atomic mass is 35.5. The maximum atomic E-state index is 13.8. The van der Waals surface area contributed by atoms with E-state index in [1.54, 1.807) is 29.2 Å². The Bertz CT molecular complexity index is 1150. The molecule has 0 aliphatic rings. The van der Waals surface area contributed by atoms with Gasteiger partial charge in [-0.05, 0) is 48.2 Å². The quantitative estimate of drug-likeness (QED) is 0.315. The predicted octanol–water partition coefficient (Wildman–Crippen LogP) is 6.74. The summed E-state index contributed by atoms with van der Waals surface area (Å²) in [5.41, 5.74) is 2.36. The highest BCUT2D eigenvalue weighted by Gasteiger charge is 2.31. The average Bonchev–Trinajstić information content (AvgIpc) is 2.84. The van der Waals surface area contributed by atoms with Gasteiger partial charge in [-0.3, -0.25) is 9.59 Å². The van der Waals surface area contributed by atoms with Crippen LogP contribution in [0.4, 0.5) is 0 Å². The smallest absolute Gasteiger partial charge is 0.243 e. The number of hydrogen-bond acceptors (Lipinski definition) is 2. The SMILES string of the molecule is CC[C@@H](C)NC(=O)[C@@H](Cc1ccccc1)N(Cc1ccc(Cl)cc1Cl)C(=O)Cc1ccccc1Cl. The Balaban J connectivity index is 2.01. The highest BCUT2D eigenvalue weighted by molar-refractivity contribution is 6.35. The summed E-state index contributed by atoms with van der Waals surface area (Å²) >= 11 is 18.9. The fourth-order valence-corrected chi connectivity index (χ4v) is 4.41. The van der Waals surface area contributed by atoms with Gasteiger partial charge in [0.15, 0.2) is 0 Å². The normalized spacial score (nSPS) is 12.6. The van der Waals surface area contributed by atoms with E-state index in [4.69, 9.17) is 34.8 Å². The van der Waals surface area contributed by atoms with Crippen LogP contribution >= 0.6 is 34.8 Å². The van der Waals surface area contributed by atoms with Crippen LogP contribution < -0.4 is 5.32 Å². The summed E-state index contributed by atoms with van der Waals surface area (Å²) in [4.78, 5) is 28.9. The molecule has 3 rings (SSSR count). The molecule has 4 nitrogen and oxygen atoms in total. The van der Waals surface area contributed by atoms with Crippen molar-refractivity contribution in [3.8, 4) is 0 Å². The van der Waals surface area contributed by atoms with Crippen LogP contribution in [0.25, 0.3) is 0 Å². The van der Waals surface area contributed by atoms with E-state index in [9.17, 15) is 9.59 Å². The molecule has 7 heteroatoms. The highest BCUT2D eigenvalue weighted by Crippen LogP contribution is 2.25. The molecule has 0 aromatic heterocycles. The van der Waals surface area contributed by atoms with Gasteiger partial charge in [0.05, 0.1) is 6.42 Å². The fraction of sp³-hybridized carbons (Fsp3) is 0.286. The van der Waals surface area contributed by atoms with Crippen molar-refractivity contribution < 1.29 is 9.59 Å². The van der Waals surface area contributed by atoms with Gasteiger partial charge in [-0.15, -0.1) is 0 Å². The van der Waals surface area contributed by atoms with E-state index in [0.717, 1.165) is 12.0 Å². The lowest BCUT2D eigenvalue weighted by molar-refractivity contribution is -0.141. The van der Waals surface area contributed by atoms with Crippen molar-refractivity contribution in [2.45, 2.75) is 51.7 Å². The molecule has 0 aliphatic carbocycles. The molecule has 0 saturated carbocycles. The molecule has 2 amide bonds. The third kappa shape index (κ3) is 7.73. The molecular weight excluding hydrogens is 503 g/mol. The summed E-state index contributed by atoms with van der Waals surface area (Å²) in [5, 5.41) is 4.51. The van der Waals surface area contributed by atoms with Crippen LogP contribution in [0.5, 0.6) is 0 Å². The Hall–Kier alpha value is -2.53. The minimum Gasteiger partial charge on any atom is -0.352 e. The largest absolute Gasteiger partial charge is 0.352 e. The number of benzene rings is 3. The molecule has 3 aromatic rings. The zero-order chi connectivity index (χ0) is 25.4. The minimum atomic E-state index is -0.742. The first kappa shape index (κ1) is 27.1. The maximum Gasteiger partial charge on any atom is 0.243 e. The van der Waals surface area contributed by atoms with Gasteiger partial charge in [0.2, 0.25) is 11.8 Å². The second-order valence-corrected chi connectivity index (χ2v) is 9.80. The van der Waals surface area contributed by atoms with Crippen molar-refractivity contribution in [3.05, 3.63) is 105 Å². The molecule has 0 spiro atoms. The van der Waals surface area contributed by atoms with Crippen molar-refractivity contribution in [1.29, 1.82) is 0 Å². The zero-order valence-corrected chi connectivity index (χ0v) is 22.1. The molecule has 2 atom stereocenters. The third-order valence-corrected chi connectivity index (χ3v) is 6.88. The average molecular weight is 532 g/mol. The molecular formula is C28H29Cl3N2O2. The number of nitrogens with zero attached hydrogens (tertiary/aromatic N) is 1. The van der Waals surface area contributed by atoms with Crippen molar-refractivity contribution in [1.82, 2.24) is 10.2 Å². The van der Waals surface area contributed by atoms with Gasteiger partial charge < -0.3 is 10.2 Å². The van der Waals surface area contributed by atoms with E-state index in [0.29, 0.717) is 32.6 Å². The zero-order valence-electron chi connectivity index (χ0n) is 19.8. The van der Waals surface area contributed by atoms with E-state index < -0.39 is 6.04 Å². The Kier molecular flexibility index (Phi) is 10.0. The molecule has 0 unspecified atom stereocenters. The summed E-state index contributed by atoms with van der Waals surface area (Å²) in [5.74, 6) is -0.426. The summed E-state index contributed by atoms with van der Waals surface area (Å²) in [7, 11) is 0. The molecule has 0 heterocycles. The minimum absolute atomic E-state index is 0.0274. The second kappa shape index (κ2) is 13.0. The van der Waals surface area contributed by atoms with E-state index in [-0.39, 0.29) is 30.8 Å². The molecule has 0 bridgehead atoms. The first-order valence-electron chi connectivity index (χ1n) is 11.6. The van der Waals surface area contributed by atoms with Crippen LogP contribution in [-0.4, -0.2) is 28.8 Å². The molecule has 0 radical (unpaired) electrons. The lowest BCUT2D eigenvalue weighted by Crippen LogP contribution is -2.52. The van der Waals surface area contributed by atoms with Crippen LogP contribution in [0, 0.1) is 0 Å². The van der Waals surface area contributed by atoms with Crippen molar-refractivity contribution in [3.63, 3.8) is 0 Å². The Labute approximate surface area is 222 Å². The van der Waals surface area contributed by atoms with Gasteiger partial charge in [-0.25, -0.2) is 0 Å². The van der Waals surface area contributed by atoms with Crippen molar-refractivity contribution >= 4 is 46.6 Å². The number of halogens is 3. The van der Waals surface area contributed by atoms with Crippen LogP contribution in [-0.2, 0) is 29.0 Å². The Morgan fingerprint density at radius 1 is 0.886 bits per heavy atom. The monoisotopic (exact) mass is 530 g/mol. The molecule has 0 saturated heterocycles. The molecule has 0 fully saturated rings. The summed E-state index contributed by atoms with van der Waals surface area (Å²) < 4.78 is 0. The third-order valence-electron chi connectivity index (χ3n) is 5.93. The predicted molar refractivity (Wildman–Crippen MR) is 144 cm³/mol. The first-order valence-corrected chi connectivity index (χ1v) is 12.7. The topological polar surface area (TPSA) is 49.4 Å². The van der Waals surface area contributed by atoms with Gasteiger partial charge in [0.1, 0.15) is 6.04 Å². The second-order valence-electron chi connectivity index (χ2n) is 8.55. The maximum absolute atomic E-state index is 13.8. The molecule has 1 N–H and O–H groups in total. The van der Waals surface area contributed by atoms with Gasteiger partial charge in [0.25, 0.3) is 0 Å². The number of nitrogens with one attached hydrogen (secondary N) is 1. The van der Waals surface area contributed by atoms with Crippen molar-refractivity contribution in [2.24, 2.45) is 0 Å². The van der Waals surface area contributed by atoms with Crippen molar-refractivity contribution in [2.75, 3.05) is 0 Å². The Morgan fingerprint density at radius 2 is 1.57 bits per heavy atom. The summed E-state index contributed by atoms with van der Waals surface area (Å²) in [6.45, 7) is 4.11. The number of hydrogen-bond donors (Lipinski definition) is 1. The molecule has 184 valence electrons. The molecule has 35 heavy (non-hydrogen) atoms. The van der Waals surface area contributed by atoms with Gasteiger partial charge in [0, 0.05) is 34.1 Å². The first-order chi connectivity index (χ1) is 16.8. The fourth-order valence-electron chi connectivity index (χ4n) is 3.73. The lowest BCUT2D eigenvalue weighted by atomic mass is 10.0.